The molecule has 1 atom stereocenters. The van der Waals surface area contributed by atoms with E-state index in [9.17, 15) is 0 Å². The lowest BCUT2D eigenvalue weighted by molar-refractivity contribution is -0.0671. The van der Waals surface area contributed by atoms with Crippen LogP contribution in [-0.2, 0) is 11.2 Å². The smallest absolute Gasteiger partial charge is 0.196 e. The van der Waals surface area contributed by atoms with E-state index < -0.39 is 0 Å². The maximum atomic E-state index is 5.81. The molecule has 0 aliphatic carbocycles. The summed E-state index contributed by atoms with van der Waals surface area (Å²) in [6.07, 6.45) is 3.41. The first-order valence-corrected chi connectivity index (χ1v) is 9.55. The van der Waals surface area contributed by atoms with Gasteiger partial charge in [-0.15, -0.1) is 0 Å². The molecule has 3 heteroatoms. The standard InChI is InChI=1S/C25H26O3/c1-3-21-11-15-24(16-12-21)27-20(2)26-19-7-8-22-13-17-25(18-14-22)28-23-9-5-4-6-10-23/h3-6,9-18,20H,1,7-8,19H2,2H3. The van der Waals surface area contributed by atoms with Crippen molar-refractivity contribution in [1.82, 2.24) is 0 Å². The summed E-state index contributed by atoms with van der Waals surface area (Å²) in [4.78, 5) is 0. The molecule has 0 heterocycles. The number of benzene rings is 3. The Morgan fingerprint density at radius 3 is 2.14 bits per heavy atom. The summed E-state index contributed by atoms with van der Waals surface area (Å²) in [7, 11) is 0. The lowest BCUT2D eigenvalue weighted by Crippen LogP contribution is -2.17. The summed E-state index contributed by atoms with van der Waals surface area (Å²) >= 11 is 0. The summed E-state index contributed by atoms with van der Waals surface area (Å²) in [5.41, 5.74) is 2.33. The molecule has 0 saturated carbocycles. The average molecular weight is 374 g/mol. The van der Waals surface area contributed by atoms with Gasteiger partial charge >= 0.3 is 0 Å². The lowest BCUT2D eigenvalue weighted by Gasteiger charge is -2.15. The predicted octanol–water partition coefficient (Wildman–Crippen LogP) is 6.50. The van der Waals surface area contributed by atoms with Crippen LogP contribution in [0.1, 0.15) is 24.5 Å². The SMILES string of the molecule is C=Cc1ccc(OC(C)OCCCc2ccc(Oc3ccccc3)cc2)cc1. The normalized spacial score (nSPS) is 11.6. The molecule has 0 aliphatic heterocycles. The fourth-order valence-corrected chi connectivity index (χ4v) is 2.78. The molecule has 0 spiro atoms. The molecule has 0 bridgehead atoms. The van der Waals surface area contributed by atoms with Crippen LogP contribution in [-0.4, -0.2) is 12.9 Å². The maximum Gasteiger partial charge on any atom is 0.196 e. The van der Waals surface area contributed by atoms with Crippen LogP contribution >= 0.6 is 0 Å². The maximum absolute atomic E-state index is 5.81. The first kappa shape index (κ1) is 19.7. The Balaban J connectivity index is 1.36. The van der Waals surface area contributed by atoms with Gasteiger partial charge in [-0.1, -0.05) is 55.1 Å². The van der Waals surface area contributed by atoms with E-state index >= 15 is 0 Å². The van der Waals surface area contributed by atoms with E-state index in [1.54, 1.807) is 0 Å². The van der Waals surface area contributed by atoms with Gasteiger partial charge in [-0.2, -0.15) is 0 Å². The molecule has 0 amide bonds. The highest BCUT2D eigenvalue weighted by molar-refractivity contribution is 5.48. The van der Waals surface area contributed by atoms with Gasteiger partial charge in [-0.3, -0.25) is 0 Å². The zero-order valence-electron chi connectivity index (χ0n) is 16.2. The highest BCUT2D eigenvalue weighted by Gasteiger charge is 2.04. The molecule has 0 saturated heterocycles. The Labute approximate surface area is 167 Å². The van der Waals surface area contributed by atoms with Crippen molar-refractivity contribution in [2.45, 2.75) is 26.1 Å². The van der Waals surface area contributed by atoms with Crippen molar-refractivity contribution >= 4 is 6.08 Å². The second-order valence-electron chi connectivity index (χ2n) is 6.49. The van der Waals surface area contributed by atoms with Gasteiger partial charge in [0.2, 0.25) is 0 Å². The van der Waals surface area contributed by atoms with E-state index in [1.807, 2.05) is 79.7 Å². The number of para-hydroxylation sites is 1. The zero-order chi connectivity index (χ0) is 19.6. The molecule has 3 aromatic rings. The summed E-state index contributed by atoms with van der Waals surface area (Å²) in [6, 6.07) is 25.8. The van der Waals surface area contributed by atoms with E-state index in [1.165, 1.54) is 5.56 Å². The van der Waals surface area contributed by atoms with Gasteiger partial charge in [0.15, 0.2) is 6.29 Å². The van der Waals surface area contributed by atoms with Crippen molar-refractivity contribution in [3.63, 3.8) is 0 Å². The fraction of sp³-hybridized carbons (Fsp3) is 0.200. The average Bonchev–Trinajstić information content (AvgIpc) is 2.74. The molecule has 144 valence electrons. The van der Waals surface area contributed by atoms with Crippen molar-refractivity contribution < 1.29 is 14.2 Å². The molecule has 1 unspecified atom stereocenters. The van der Waals surface area contributed by atoms with E-state index in [-0.39, 0.29) is 6.29 Å². The highest BCUT2D eigenvalue weighted by Crippen LogP contribution is 2.21. The van der Waals surface area contributed by atoms with Crippen LogP contribution in [0.15, 0.2) is 85.4 Å². The summed E-state index contributed by atoms with van der Waals surface area (Å²) in [5, 5.41) is 0. The van der Waals surface area contributed by atoms with Crippen molar-refractivity contribution in [2.24, 2.45) is 0 Å². The van der Waals surface area contributed by atoms with Crippen LogP contribution in [0.25, 0.3) is 6.08 Å². The Morgan fingerprint density at radius 2 is 1.46 bits per heavy atom. The van der Waals surface area contributed by atoms with Crippen LogP contribution < -0.4 is 9.47 Å². The Bertz CT molecular complexity index is 839. The molecule has 0 fully saturated rings. The fourth-order valence-electron chi connectivity index (χ4n) is 2.78. The number of hydrogen-bond acceptors (Lipinski definition) is 3. The van der Waals surface area contributed by atoms with Crippen LogP contribution in [0.5, 0.6) is 17.2 Å². The Hall–Kier alpha value is -3.04. The molecule has 0 aliphatic rings. The molecule has 3 aromatic carbocycles. The van der Waals surface area contributed by atoms with Gasteiger partial charge in [0.25, 0.3) is 0 Å². The van der Waals surface area contributed by atoms with Gasteiger partial charge in [0.05, 0.1) is 6.61 Å². The van der Waals surface area contributed by atoms with Crippen molar-refractivity contribution in [2.75, 3.05) is 6.61 Å². The van der Waals surface area contributed by atoms with Gasteiger partial charge in [0, 0.05) is 0 Å². The van der Waals surface area contributed by atoms with Crippen LogP contribution in [0.2, 0.25) is 0 Å². The Kier molecular flexibility index (Phi) is 7.28. The number of rotatable bonds is 10. The van der Waals surface area contributed by atoms with Crippen molar-refractivity contribution in [1.29, 1.82) is 0 Å². The molecule has 3 rings (SSSR count). The molecule has 28 heavy (non-hydrogen) atoms. The number of aryl methyl sites for hydroxylation is 1. The van der Waals surface area contributed by atoms with E-state index in [2.05, 4.69) is 18.7 Å². The third-order valence-corrected chi connectivity index (χ3v) is 4.28. The molecule has 0 N–H and O–H groups in total. The zero-order valence-corrected chi connectivity index (χ0v) is 16.2. The third kappa shape index (κ3) is 6.29. The minimum absolute atomic E-state index is 0.281. The van der Waals surface area contributed by atoms with Crippen LogP contribution in [0.3, 0.4) is 0 Å². The first-order chi connectivity index (χ1) is 13.7. The summed E-state index contributed by atoms with van der Waals surface area (Å²) in [5.74, 6) is 2.49. The first-order valence-electron chi connectivity index (χ1n) is 9.55. The summed E-state index contributed by atoms with van der Waals surface area (Å²) < 4.78 is 17.3. The number of ether oxygens (including phenoxy) is 3. The minimum Gasteiger partial charge on any atom is -0.465 e. The largest absolute Gasteiger partial charge is 0.465 e. The van der Waals surface area contributed by atoms with Gasteiger partial charge in [0.1, 0.15) is 17.2 Å². The second-order valence-corrected chi connectivity index (χ2v) is 6.49. The third-order valence-electron chi connectivity index (χ3n) is 4.28. The molecular formula is C25H26O3. The Morgan fingerprint density at radius 1 is 0.821 bits per heavy atom. The van der Waals surface area contributed by atoms with Crippen molar-refractivity contribution in [3.05, 3.63) is 96.6 Å². The van der Waals surface area contributed by atoms with Gasteiger partial charge < -0.3 is 14.2 Å². The summed E-state index contributed by atoms with van der Waals surface area (Å²) in [6.45, 7) is 6.31. The molecular weight excluding hydrogens is 348 g/mol. The minimum atomic E-state index is -0.281. The van der Waals surface area contributed by atoms with Crippen molar-refractivity contribution in [3.8, 4) is 17.2 Å². The number of hydrogen-bond donors (Lipinski definition) is 0. The van der Waals surface area contributed by atoms with Gasteiger partial charge in [-0.25, -0.2) is 0 Å². The monoisotopic (exact) mass is 374 g/mol. The van der Waals surface area contributed by atoms with Gasteiger partial charge in [-0.05, 0) is 67.3 Å². The highest BCUT2D eigenvalue weighted by atomic mass is 16.7. The van der Waals surface area contributed by atoms with E-state index in [0.717, 1.165) is 35.7 Å². The van der Waals surface area contributed by atoms with Crippen LogP contribution in [0, 0.1) is 0 Å². The molecule has 3 nitrogen and oxygen atoms in total. The van der Waals surface area contributed by atoms with E-state index in [4.69, 9.17) is 14.2 Å². The quantitative estimate of drug-likeness (QED) is 0.300. The van der Waals surface area contributed by atoms with Crippen LogP contribution in [0.4, 0.5) is 0 Å². The van der Waals surface area contributed by atoms with E-state index in [0.29, 0.717) is 6.61 Å². The molecule has 0 radical (unpaired) electrons. The topological polar surface area (TPSA) is 27.7 Å². The second kappa shape index (κ2) is 10.3. The molecule has 0 aromatic heterocycles. The predicted molar refractivity (Wildman–Crippen MR) is 114 cm³/mol. The lowest BCUT2D eigenvalue weighted by atomic mass is 10.1.